The van der Waals surface area contributed by atoms with Crippen LogP contribution in [-0.2, 0) is 11.8 Å². The molecule has 1 heterocycles. The van der Waals surface area contributed by atoms with Crippen molar-refractivity contribution in [3.05, 3.63) is 246 Å². The first kappa shape index (κ1) is 38.5. The van der Waals surface area contributed by atoms with Crippen LogP contribution in [-0.4, -0.2) is 0 Å². The minimum Gasteiger partial charge on any atom is -0.456 e. The maximum Gasteiger partial charge on any atom is 0.136 e. The van der Waals surface area contributed by atoms with Gasteiger partial charge in [0.25, 0.3) is 0 Å². The molecule has 2 aliphatic carbocycles. The first-order chi connectivity index (χ1) is 32.5. The van der Waals surface area contributed by atoms with Gasteiger partial charge in [0.05, 0.1) is 0 Å². The van der Waals surface area contributed by atoms with Gasteiger partial charge in [-0.25, -0.2) is 0 Å². The second-order valence-electron chi connectivity index (χ2n) is 18.7. The summed E-state index contributed by atoms with van der Waals surface area (Å²) >= 11 is 0. The molecule has 1 atom stereocenters. The van der Waals surface area contributed by atoms with Crippen LogP contribution in [0, 0.1) is 0 Å². The number of para-hydroxylation sites is 2. The highest BCUT2D eigenvalue weighted by atomic mass is 16.3. The summed E-state index contributed by atoms with van der Waals surface area (Å²) in [6.07, 6.45) is 1.87. The Bertz CT molecular complexity index is 3670. The van der Waals surface area contributed by atoms with Crippen molar-refractivity contribution in [1.29, 1.82) is 0 Å². The van der Waals surface area contributed by atoms with E-state index < -0.39 is 0 Å². The van der Waals surface area contributed by atoms with Gasteiger partial charge >= 0.3 is 0 Å². The van der Waals surface area contributed by atoms with Gasteiger partial charge in [-0.2, -0.15) is 0 Å². The number of aryl methyl sites for hydroxylation is 1. The predicted octanol–water partition coefficient (Wildman–Crippen LogP) is 17.6. The summed E-state index contributed by atoms with van der Waals surface area (Å²) in [4.78, 5) is 2.42. The normalized spacial score (nSPS) is 14.7. The lowest BCUT2D eigenvalue weighted by molar-refractivity contribution is 0.660. The summed E-state index contributed by atoms with van der Waals surface area (Å²) in [6, 6.07) is 80.8. The molecule has 2 aliphatic rings. The molecule has 1 unspecified atom stereocenters. The number of fused-ring (bicyclic) bond motifs is 10. The fourth-order valence-electron chi connectivity index (χ4n) is 11.6. The lowest BCUT2D eigenvalue weighted by atomic mass is 9.82. The fraction of sp³-hybridized carbons (Fsp3) is 0.0938. The Morgan fingerprint density at radius 1 is 0.455 bits per heavy atom. The van der Waals surface area contributed by atoms with Crippen LogP contribution in [0.4, 0.5) is 17.1 Å². The Morgan fingerprint density at radius 3 is 1.95 bits per heavy atom. The summed E-state index contributed by atoms with van der Waals surface area (Å²) in [6.45, 7) is 4.72. The Morgan fingerprint density at radius 2 is 1.11 bits per heavy atom. The van der Waals surface area contributed by atoms with Gasteiger partial charge in [0.2, 0.25) is 0 Å². The lowest BCUT2D eigenvalue weighted by Gasteiger charge is -2.28. The van der Waals surface area contributed by atoms with Crippen molar-refractivity contribution in [2.24, 2.45) is 0 Å². The maximum absolute atomic E-state index is 6.69. The van der Waals surface area contributed by atoms with Crippen molar-refractivity contribution >= 4 is 49.8 Å². The molecule has 0 spiro atoms. The zero-order chi connectivity index (χ0) is 43.9. The maximum atomic E-state index is 6.69. The molecular weight excluding hydrogens is 799 g/mol. The lowest BCUT2D eigenvalue weighted by Crippen LogP contribution is -2.16. The van der Waals surface area contributed by atoms with E-state index in [1.165, 1.54) is 88.5 Å². The molecule has 2 nitrogen and oxygen atoms in total. The summed E-state index contributed by atoms with van der Waals surface area (Å²) in [5.41, 5.74) is 22.2. The molecule has 11 aromatic rings. The highest BCUT2D eigenvalue weighted by Gasteiger charge is 2.36. The van der Waals surface area contributed by atoms with E-state index in [-0.39, 0.29) is 11.3 Å². The molecule has 13 rings (SSSR count). The Hall–Kier alpha value is -7.94. The molecule has 0 radical (unpaired) electrons. The Kier molecular flexibility index (Phi) is 8.80. The van der Waals surface area contributed by atoms with E-state index in [0.29, 0.717) is 0 Å². The topological polar surface area (TPSA) is 16.4 Å². The first-order valence-electron chi connectivity index (χ1n) is 23.3. The second-order valence-corrected chi connectivity index (χ2v) is 18.7. The summed E-state index contributed by atoms with van der Waals surface area (Å²) in [5, 5.41) is 4.86. The van der Waals surface area contributed by atoms with Crippen molar-refractivity contribution in [2.75, 3.05) is 4.90 Å². The molecule has 0 saturated carbocycles. The quantitative estimate of drug-likeness (QED) is 0.166. The second kappa shape index (κ2) is 15.1. The van der Waals surface area contributed by atoms with Crippen LogP contribution >= 0.6 is 0 Å². The molecule has 314 valence electrons. The average Bonchev–Trinajstić information content (AvgIpc) is 3.79. The van der Waals surface area contributed by atoms with Gasteiger partial charge < -0.3 is 9.32 Å². The number of furan rings is 1. The molecule has 0 bridgehead atoms. The van der Waals surface area contributed by atoms with Crippen LogP contribution in [0.15, 0.2) is 223 Å². The van der Waals surface area contributed by atoms with Gasteiger partial charge in [-0.15, -0.1) is 0 Å². The van der Waals surface area contributed by atoms with E-state index in [1.807, 2.05) is 0 Å². The van der Waals surface area contributed by atoms with E-state index in [4.69, 9.17) is 4.42 Å². The monoisotopic (exact) mass is 845 g/mol. The van der Waals surface area contributed by atoms with Crippen molar-refractivity contribution in [3.8, 4) is 44.5 Å². The van der Waals surface area contributed by atoms with Gasteiger partial charge in [-0.1, -0.05) is 178 Å². The zero-order valence-corrected chi connectivity index (χ0v) is 37.1. The summed E-state index contributed by atoms with van der Waals surface area (Å²) in [7, 11) is 0. The van der Waals surface area contributed by atoms with Crippen LogP contribution in [0.2, 0.25) is 0 Å². The smallest absolute Gasteiger partial charge is 0.136 e. The number of hydrogen-bond acceptors (Lipinski definition) is 2. The number of anilines is 3. The number of hydrogen-bond donors (Lipinski definition) is 0. The Balaban J connectivity index is 0.990. The SMILES string of the molecule is CC1(C)c2ccccc2-c2ccc(N(c3ccccc3)c3ccc(C4CCc5cc6oc7ccccc7c6c(-c6ccccc6)c5-c5ccc(-c6cccc7ccccc67)cc54)cc3)cc21. The molecule has 0 fully saturated rings. The van der Waals surface area contributed by atoms with Crippen LogP contribution in [0.5, 0.6) is 0 Å². The highest BCUT2D eigenvalue weighted by molar-refractivity contribution is 6.17. The van der Waals surface area contributed by atoms with Gasteiger partial charge in [0.15, 0.2) is 0 Å². The molecular formula is C64H47NO. The molecule has 2 heteroatoms. The highest BCUT2D eigenvalue weighted by Crippen LogP contribution is 2.53. The molecule has 0 N–H and O–H groups in total. The summed E-state index contributed by atoms with van der Waals surface area (Å²) in [5.74, 6) is 0.146. The number of rotatable bonds is 6. The van der Waals surface area contributed by atoms with Gasteiger partial charge in [-0.05, 0) is 145 Å². The Labute approximate surface area is 386 Å². The standard InChI is InChI=1S/C64H47NO/c1-64(2)57-26-13-11-23-52(57)53-37-34-48(40-58(53)64)65(46-20-7-4-8-21-46)47-32-28-42(29-33-47)51-35-31-45-39-60-63(55-24-12-14-27-59(55)66-60)62(43-17-5-3-6-18-43)61(45)54-36-30-44(38-56(51)54)50-25-15-19-41-16-9-10-22-49(41)50/h3-30,32-34,36-40,51H,31,35H2,1-2H3. The van der Waals surface area contributed by atoms with E-state index in [2.05, 4.69) is 237 Å². The average molecular weight is 846 g/mol. The third-order valence-corrected chi connectivity index (χ3v) is 14.7. The van der Waals surface area contributed by atoms with Crippen molar-refractivity contribution in [3.63, 3.8) is 0 Å². The van der Waals surface area contributed by atoms with Crippen LogP contribution < -0.4 is 4.90 Å². The van der Waals surface area contributed by atoms with Crippen molar-refractivity contribution < 1.29 is 4.42 Å². The van der Waals surface area contributed by atoms with Crippen LogP contribution in [0.1, 0.15) is 54.0 Å². The largest absolute Gasteiger partial charge is 0.456 e. The fourth-order valence-corrected chi connectivity index (χ4v) is 11.6. The third-order valence-electron chi connectivity index (χ3n) is 14.7. The van der Waals surface area contributed by atoms with Crippen LogP contribution in [0.3, 0.4) is 0 Å². The minimum absolute atomic E-state index is 0.0977. The predicted molar refractivity (Wildman–Crippen MR) is 276 cm³/mol. The van der Waals surface area contributed by atoms with Crippen molar-refractivity contribution in [1.82, 2.24) is 0 Å². The van der Waals surface area contributed by atoms with Gasteiger partial charge in [-0.3, -0.25) is 0 Å². The zero-order valence-electron chi connectivity index (χ0n) is 37.1. The molecule has 66 heavy (non-hydrogen) atoms. The van der Waals surface area contributed by atoms with E-state index >= 15 is 0 Å². The van der Waals surface area contributed by atoms with Crippen molar-refractivity contribution in [2.45, 2.75) is 38.0 Å². The van der Waals surface area contributed by atoms with Crippen LogP contribution in [0.25, 0.3) is 77.2 Å². The molecule has 0 aliphatic heterocycles. The van der Waals surface area contributed by atoms with E-state index in [1.54, 1.807) is 0 Å². The number of benzene rings is 10. The molecule has 10 aromatic carbocycles. The van der Waals surface area contributed by atoms with Gasteiger partial charge in [0.1, 0.15) is 11.2 Å². The van der Waals surface area contributed by atoms with Gasteiger partial charge in [0, 0.05) is 44.7 Å². The van der Waals surface area contributed by atoms with E-state index in [0.717, 1.165) is 46.5 Å². The summed E-state index contributed by atoms with van der Waals surface area (Å²) < 4.78 is 6.69. The minimum atomic E-state index is -0.0977. The molecule has 0 amide bonds. The third kappa shape index (κ3) is 6.02. The number of nitrogens with zero attached hydrogens (tertiary/aromatic N) is 1. The van der Waals surface area contributed by atoms with E-state index in [9.17, 15) is 0 Å². The molecule has 1 aromatic heterocycles. The molecule has 0 saturated heterocycles. The first-order valence-corrected chi connectivity index (χ1v) is 23.3.